The molecule has 8 nitrogen and oxygen atoms in total. The van der Waals surface area contributed by atoms with E-state index in [0.717, 1.165) is 11.8 Å². The molecule has 4 rings (SSSR count). The molecule has 2 heterocycles. The van der Waals surface area contributed by atoms with Crippen molar-refractivity contribution in [3.63, 3.8) is 0 Å². The summed E-state index contributed by atoms with van der Waals surface area (Å²) in [4.78, 5) is 13.0. The van der Waals surface area contributed by atoms with Crippen LogP contribution in [0.1, 0.15) is 0 Å². The van der Waals surface area contributed by atoms with E-state index in [2.05, 4.69) is 15.0 Å². The molecule has 9 heteroatoms. The number of aromatic nitrogens is 4. The van der Waals surface area contributed by atoms with E-state index in [9.17, 15) is 13.5 Å². The fourth-order valence-corrected chi connectivity index (χ4v) is 3.51. The summed E-state index contributed by atoms with van der Waals surface area (Å²) in [7, 11) is -3.70. The molecule has 136 valence electrons. The lowest BCUT2D eigenvalue weighted by Crippen LogP contribution is -2.12. The van der Waals surface area contributed by atoms with E-state index in [4.69, 9.17) is 5.84 Å². The lowest BCUT2D eigenvalue weighted by molar-refractivity contribution is 0.475. The van der Waals surface area contributed by atoms with Crippen molar-refractivity contribution in [2.24, 2.45) is 0 Å². The number of benzene rings is 2. The van der Waals surface area contributed by atoms with Crippen LogP contribution in [-0.2, 0) is 9.84 Å². The number of nitrogens with two attached hydrogens (primary N) is 1. The summed E-state index contributed by atoms with van der Waals surface area (Å²) in [5.74, 6) is 6.70. The SMILES string of the molecule is CS(=O)(=O)c1nc(-c2cccc(O)c2)nc2c1nc(-c1ccccc1)n2N. The smallest absolute Gasteiger partial charge is 0.195 e. The standard InChI is InChI=1S/C18H15N5O3S/c1-27(25,26)18-14-17(21-15(22-18)12-8-5-9-13(24)10-12)23(19)16(20-14)11-6-3-2-4-7-11/h2-10,24H,19H2,1H3. The number of fused-ring (bicyclic) bond motifs is 1. The van der Waals surface area contributed by atoms with Crippen molar-refractivity contribution in [3.8, 4) is 28.5 Å². The third kappa shape index (κ3) is 2.97. The predicted molar refractivity (Wildman–Crippen MR) is 101 cm³/mol. The number of nitrogens with zero attached hydrogens (tertiary/aromatic N) is 4. The molecule has 0 aliphatic carbocycles. The molecule has 0 spiro atoms. The third-order valence-electron chi connectivity index (χ3n) is 4.00. The van der Waals surface area contributed by atoms with Gasteiger partial charge in [0.15, 0.2) is 32.2 Å². The van der Waals surface area contributed by atoms with Crippen LogP contribution >= 0.6 is 0 Å². The monoisotopic (exact) mass is 381 g/mol. The minimum Gasteiger partial charge on any atom is -0.508 e. The van der Waals surface area contributed by atoms with Crippen molar-refractivity contribution in [1.82, 2.24) is 19.6 Å². The highest BCUT2D eigenvalue weighted by Crippen LogP contribution is 2.28. The molecule has 0 atom stereocenters. The van der Waals surface area contributed by atoms with E-state index >= 15 is 0 Å². The second kappa shape index (κ2) is 6.06. The van der Waals surface area contributed by atoms with Crippen LogP contribution in [0, 0.1) is 0 Å². The number of phenolic OH excluding ortho intramolecular Hbond substituents is 1. The van der Waals surface area contributed by atoms with E-state index in [1.54, 1.807) is 12.1 Å². The molecule has 0 aliphatic heterocycles. The summed E-state index contributed by atoms with van der Waals surface area (Å²) in [6.45, 7) is 0. The minimum absolute atomic E-state index is 0.0170. The lowest BCUT2D eigenvalue weighted by atomic mass is 10.2. The van der Waals surface area contributed by atoms with Gasteiger partial charge in [-0.3, -0.25) is 0 Å². The summed E-state index contributed by atoms with van der Waals surface area (Å²) in [6.07, 6.45) is 1.05. The molecule has 4 aromatic rings. The van der Waals surface area contributed by atoms with Gasteiger partial charge in [-0.25, -0.2) is 28.0 Å². The Morgan fingerprint density at radius 2 is 1.67 bits per heavy atom. The molecule has 0 bridgehead atoms. The van der Waals surface area contributed by atoms with Crippen molar-refractivity contribution < 1.29 is 13.5 Å². The lowest BCUT2D eigenvalue weighted by Gasteiger charge is -2.05. The molecule has 27 heavy (non-hydrogen) atoms. The van der Waals surface area contributed by atoms with Gasteiger partial charge in [0, 0.05) is 17.4 Å². The highest BCUT2D eigenvalue weighted by atomic mass is 32.2. The van der Waals surface area contributed by atoms with Gasteiger partial charge in [-0.1, -0.05) is 42.5 Å². The Kier molecular flexibility index (Phi) is 3.81. The first-order valence-electron chi connectivity index (χ1n) is 7.95. The quantitative estimate of drug-likeness (QED) is 0.411. The number of sulfone groups is 1. The van der Waals surface area contributed by atoms with Gasteiger partial charge in [0.25, 0.3) is 0 Å². The normalized spacial score (nSPS) is 11.7. The third-order valence-corrected chi connectivity index (χ3v) is 4.98. The van der Waals surface area contributed by atoms with Gasteiger partial charge in [0.1, 0.15) is 11.3 Å². The van der Waals surface area contributed by atoms with Crippen LogP contribution in [0.2, 0.25) is 0 Å². The number of phenols is 1. The van der Waals surface area contributed by atoms with Gasteiger partial charge >= 0.3 is 0 Å². The Labute approximate surface area is 154 Å². The van der Waals surface area contributed by atoms with Crippen LogP contribution in [-0.4, -0.2) is 39.4 Å². The number of imidazole rings is 1. The summed E-state index contributed by atoms with van der Waals surface area (Å²) in [6, 6.07) is 15.4. The summed E-state index contributed by atoms with van der Waals surface area (Å²) < 4.78 is 25.9. The first-order chi connectivity index (χ1) is 12.8. The molecular weight excluding hydrogens is 366 g/mol. The highest BCUT2D eigenvalue weighted by molar-refractivity contribution is 7.90. The Bertz CT molecular complexity index is 1270. The highest BCUT2D eigenvalue weighted by Gasteiger charge is 2.23. The summed E-state index contributed by atoms with van der Waals surface area (Å²) in [5, 5.41) is 9.49. The number of nitrogen functional groups attached to an aromatic ring is 1. The van der Waals surface area contributed by atoms with Crippen molar-refractivity contribution in [3.05, 3.63) is 54.6 Å². The van der Waals surface area contributed by atoms with E-state index in [1.165, 1.54) is 16.8 Å². The summed E-state index contributed by atoms with van der Waals surface area (Å²) >= 11 is 0. The number of aromatic hydroxyl groups is 1. The van der Waals surface area contributed by atoms with Crippen molar-refractivity contribution >= 4 is 21.0 Å². The maximum atomic E-state index is 12.3. The number of hydrogen-bond donors (Lipinski definition) is 2. The molecule has 0 aliphatic rings. The Morgan fingerprint density at radius 3 is 2.33 bits per heavy atom. The fraction of sp³-hybridized carbons (Fsp3) is 0.0556. The van der Waals surface area contributed by atoms with Gasteiger partial charge in [0.05, 0.1) is 0 Å². The zero-order valence-corrected chi connectivity index (χ0v) is 15.1. The van der Waals surface area contributed by atoms with E-state index in [1.807, 2.05) is 30.3 Å². The van der Waals surface area contributed by atoms with E-state index < -0.39 is 9.84 Å². The number of hydrogen-bond acceptors (Lipinski definition) is 7. The minimum atomic E-state index is -3.70. The van der Waals surface area contributed by atoms with Crippen LogP contribution in [0.5, 0.6) is 5.75 Å². The van der Waals surface area contributed by atoms with Crippen molar-refractivity contribution in [2.45, 2.75) is 5.03 Å². The predicted octanol–water partition coefficient (Wildman–Crippen LogP) is 1.98. The fourth-order valence-electron chi connectivity index (χ4n) is 2.77. The first-order valence-corrected chi connectivity index (χ1v) is 9.84. The van der Waals surface area contributed by atoms with Crippen LogP contribution in [0.3, 0.4) is 0 Å². The molecule has 0 unspecified atom stereocenters. The molecule has 0 radical (unpaired) electrons. The second-order valence-electron chi connectivity index (χ2n) is 6.02. The van der Waals surface area contributed by atoms with Crippen LogP contribution in [0.25, 0.3) is 33.9 Å². The molecule has 3 N–H and O–H groups in total. The molecule has 0 saturated carbocycles. The van der Waals surface area contributed by atoms with Gasteiger partial charge < -0.3 is 10.9 Å². The van der Waals surface area contributed by atoms with Crippen LogP contribution in [0.4, 0.5) is 0 Å². The number of rotatable bonds is 3. The zero-order valence-electron chi connectivity index (χ0n) is 14.2. The maximum absolute atomic E-state index is 12.3. The Balaban J connectivity index is 2.06. The zero-order chi connectivity index (χ0) is 19.2. The summed E-state index contributed by atoms with van der Waals surface area (Å²) in [5.41, 5.74) is 1.46. The van der Waals surface area contributed by atoms with E-state index in [0.29, 0.717) is 11.4 Å². The van der Waals surface area contributed by atoms with Crippen molar-refractivity contribution in [1.29, 1.82) is 0 Å². The largest absolute Gasteiger partial charge is 0.508 e. The van der Waals surface area contributed by atoms with Gasteiger partial charge in [0.2, 0.25) is 0 Å². The molecule has 0 saturated heterocycles. The van der Waals surface area contributed by atoms with Gasteiger partial charge in [-0.2, -0.15) is 0 Å². The molecule has 0 amide bonds. The molecular formula is C18H15N5O3S. The average molecular weight is 381 g/mol. The van der Waals surface area contributed by atoms with Gasteiger partial charge in [-0.05, 0) is 12.1 Å². The Hall–Kier alpha value is -3.46. The first kappa shape index (κ1) is 17.0. The van der Waals surface area contributed by atoms with Gasteiger partial charge in [-0.15, -0.1) is 0 Å². The Morgan fingerprint density at radius 1 is 0.963 bits per heavy atom. The van der Waals surface area contributed by atoms with Crippen molar-refractivity contribution in [2.75, 3.05) is 12.1 Å². The van der Waals surface area contributed by atoms with E-state index in [-0.39, 0.29) is 27.8 Å². The molecule has 2 aromatic carbocycles. The topological polar surface area (TPSA) is 124 Å². The second-order valence-corrected chi connectivity index (χ2v) is 7.95. The molecule has 2 aromatic heterocycles. The maximum Gasteiger partial charge on any atom is 0.195 e. The average Bonchev–Trinajstić information content (AvgIpc) is 2.98. The molecule has 0 fully saturated rings. The van der Waals surface area contributed by atoms with Crippen LogP contribution in [0.15, 0.2) is 59.6 Å². The van der Waals surface area contributed by atoms with Crippen LogP contribution < -0.4 is 5.84 Å².